The van der Waals surface area contributed by atoms with Gasteiger partial charge in [-0.2, -0.15) is 0 Å². The van der Waals surface area contributed by atoms with Crippen molar-refractivity contribution in [2.45, 2.75) is 45.6 Å². The lowest BCUT2D eigenvalue weighted by Gasteiger charge is -2.15. The number of furan rings is 1. The SMILES string of the molecule is Cc1ccc(C(=O)N/C(=C\c2ccco2)C(=O)NC2CCCC2)cc1C. The minimum absolute atomic E-state index is 0.168. The molecule has 0 bridgehead atoms. The summed E-state index contributed by atoms with van der Waals surface area (Å²) in [7, 11) is 0. The van der Waals surface area contributed by atoms with E-state index in [1.807, 2.05) is 26.0 Å². The van der Waals surface area contributed by atoms with Crippen LogP contribution in [0.25, 0.3) is 6.08 Å². The van der Waals surface area contributed by atoms with Crippen LogP contribution in [-0.2, 0) is 4.79 Å². The van der Waals surface area contributed by atoms with E-state index in [1.54, 1.807) is 24.3 Å². The molecule has 1 aliphatic carbocycles. The van der Waals surface area contributed by atoms with Gasteiger partial charge < -0.3 is 15.1 Å². The molecule has 0 spiro atoms. The molecule has 136 valence electrons. The molecule has 2 amide bonds. The highest BCUT2D eigenvalue weighted by Crippen LogP contribution is 2.18. The molecule has 5 heteroatoms. The highest BCUT2D eigenvalue weighted by Gasteiger charge is 2.21. The van der Waals surface area contributed by atoms with E-state index in [9.17, 15) is 9.59 Å². The summed E-state index contributed by atoms with van der Waals surface area (Å²) in [5.41, 5.74) is 2.86. The lowest BCUT2D eigenvalue weighted by Crippen LogP contribution is -2.39. The van der Waals surface area contributed by atoms with Gasteiger partial charge in [0.1, 0.15) is 11.5 Å². The minimum atomic E-state index is -0.313. The zero-order valence-electron chi connectivity index (χ0n) is 15.2. The van der Waals surface area contributed by atoms with E-state index in [2.05, 4.69) is 10.6 Å². The molecule has 1 heterocycles. The van der Waals surface area contributed by atoms with Gasteiger partial charge in [-0.3, -0.25) is 9.59 Å². The van der Waals surface area contributed by atoms with Crippen LogP contribution in [0.15, 0.2) is 46.7 Å². The Balaban J connectivity index is 1.79. The molecular weight excluding hydrogens is 328 g/mol. The van der Waals surface area contributed by atoms with Gasteiger partial charge in [0.15, 0.2) is 0 Å². The van der Waals surface area contributed by atoms with E-state index in [1.165, 1.54) is 6.26 Å². The van der Waals surface area contributed by atoms with Crippen molar-refractivity contribution >= 4 is 17.9 Å². The predicted molar refractivity (Wildman–Crippen MR) is 100 cm³/mol. The number of carbonyl (C=O) groups excluding carboxylic acids is 2. The number of benzene rings is 1. The summed E-state index contributed by atoms with van der Waals surface area (Å²) in [5, 5.41) is 5.75. The molecule has 0 saturated heterocycles. The Bertz CT molecular complexity index is 816. The van der Waals surface area contributed by atoms with Gasteiger partial charge in [-0.15, -0.1) is 0 Å². The number of hydrogen-bond acceptors (Lipinski definition) is 3. The first-order valence-corrected chi connectivity index (χ1v) is 8.97. The first-order chi connectivity index (χ1) is 12.5. The molecule has 26 heavy (non-hydrogen) atoms. The summed E-state index contributed by atoms with van der Waals surface area (Å²) in [5.74, 6) is -0.0834. The van der Waals surface area contributed by atoms with Gasteiger partial charge in [-0.25, -0.2) is 0 Å². The Morgan fingerprint density at radius 2 is 1.88 bits per heavy atom. The van der Waals surface area contributed by atoms with Gasteiger partial charge in [0.2, 0.25) is 0 Å². The predicted octanol–water partition coefficient (Wildman–Crippen LogP) is 3.73. The average molecular weight is 352 g/mol. The number of amides is 2. The molecule has 1 aromatic heterocycles. The zero-order valence-corrected chi connectivity index (χ0v) is 15.2. The second-order valence-electron chi connectivity index (χ2n) is 6.78. The topological polar surface area (TPSA) is 71.3 Å². The number of rotatable bonds is 5. The van der Waals surface area contributed by atoms with E-state index in [0.29, 0.717) is 11.3 Å². The highest BCUT2D eigenvalue weighted by atomic mass is 16.3. The maximum atomic E-state index is 12.7. The second-order valence-corrected chi connectivity index (χ2v) is 6.78. The van der Waals surface area contributed by atoms with Crippen LogP contribution in [0.4, 0.5) is 0 Å². The van der Waals surface area contributed by atoms with Crippen LogP contribution >= 0.6 is 0 Å². The first-order valence-electron chi connectivity index (χ1n) is 8.97. The monoisotopic (exact) mass is 352 g/mol. The van der Waals surface area contributed by atoms with Gasteiger partial charge in [0.25, 0.3) is 11.8 Å². The Hall–Kier alpha value is -2.82. The van der Waals surface area contributed by atoms with E-state index in [-0.39, 0.29) is 23.6 Å². The van der Waals surface area contributed by atoms with Gasteiger partial charge >= 0.3 is 0 Å². The van der Waals surface area contributed by atoms with Crippen molar-refractivity contribution in [3.63, 3.8) is 0 Å². The normalized spacial score (nSPS) is 15.1. The summed E-state index contributed by atoms with van der Waals surface area (Å²) in [6, 6.07) is 9.13. The Morgan fingerprint density at radius 1 is 1.12 bits per heavy atom. The summed E-state index contributed by atoms with van der Waals surface area (Å²) >= 11 is 0. The van der Waals surface area contributed by atoms with Crippen molar-refractivity contribution in [1.82, 2.24) is 10.6 Å². The summed E-state index contributed by atoms with van der Waals surface area (Å²) in [6.07, 6.45) is 7.29. The van der Waals surface area contributed by atoms with Crippen molar-refractivity contribution in [3.8, 4) is 0 Å². The Kier molecular flexibility index (Phi) is 5.56. The largest absolute Gasteiger partial charge is 0.465 e. The van der Waals surface area contributed by atoms with Crippen molar-refractivity contribution < 1.29 is 14.0 Å². The van der Waals surface area contributed by atoms with Gasteiger partial charge in [0.05, 0.1) is 6.26 Å². The number of aryl methyl sites for hydroxylation is 2. The van der Waals surface area contributed by atoms with Crippen LogP contribution in [0, 0.1) is 13.8 Å². The third-order valence-corrected chi connectivity index (χ3v) is 4.78. The van der Waals surface area contributed by atoms with Gasteiger partial charge in [-0.1, -0.05) is 18.9 Å². The van der Waals surface area contributed by atoms with Crippen LogP contribution < -0.4 is 10.6 Å². The highest BCUT2D eigenvalue weighted by molar-refractivity contribution is 6.05. The molecule has 0 radical (unpaired) electrons. The van der Waals surface area contributed by atoms with Gasteiger partial charge in [0, 0.05) is 17.7 Å². The van der Waals surface area contributed by atoms with Gasteiger partial charge in [-0.05, 0) is 62.1 Å². The molecule has 3 rings (SSSR count). The van der Waals surface area contributed by atoms with Crippen molar-refractivity contribution in [2.75, 3.05) is 0 Å². The molecule has 0 atom stereocenters. The second kappa shape index (κ2) is 8.04. The van der Waals surface area contributed by atoms with E-state index in [0.717, 1.165) is 36.8 Å². The van der Waals surface area contributed by atoms with Crippen molar-refractivity contribution in [3.05, 3.63) is 64.7 Å². The quantitative estimate of drug-likeness (QED) is 0.806. The Morgan fingerprint density at radius 3 is 2.54 bits per heavy atom. The molecule has 1 aromatic carbocycles. The number of nitrogens with one attached hydrogen (secondary N) is 2. The molecule has 1 fully saturated rings. The summed E-state index contributed by atoms with van der Waals surface area (Å²) in [6.45, 7) is 3.95. The van der Waals surface area contributed by atoms with Crippen LogP contribution in [0.2, 0.25) is 0 Å². The molecular formula is C21H24N2O3. The van der Waals surface area contributed by atoms with Crippen LogP contribution in [-0.4, -0.2) is 17.9 Å². The van der Waals surface area contributed by atoms with E-state index >= 15 is 0 Å². The summed E-state index contributed by atoms with van der Waals surface area (Å²) < 4.78 is 5.30. The summed E-state index contributed by atoms with van der Waals surface area (Å²) in [4.78, 5) is 25.3. The van der Waals surface area contributed by atoms with Crippen molar-refractivity contribution in [1.29, 1.82) is 0 Å². The average Bonchev–Trinajstić information content (AvgIpc) is 3.30. The molecule has 0 aliphatic heterocycles. The van der Waals surface area contributed by atoms with Crippen LogP contribution in [0.1, 0.15) is 52.9 Å². The fourth-order valence-electron chi connectivity index (χ4n) is 3.08. The van der Waals surface area contributed by atoms with E-state index in [4.69, 9.17) is 4.42 Å². The molecule has 2 aromatic rings. The lowest BCUT2D eigenvalue weighted by atomic mass is 10.1. The number of carbonyl (C=O) groups is 2. The zero-order chi connectivity index (χ0) is 18.5. The third-order valence-electron chi connectivity index (χ3n) is 4.78. The molecule has 2 N–H and O–H groups in total. The minimum Gasteiger partial charge on any atom is -0.465 e. The molecule has 5 nitrogen and oxygen atoms in total. The maximum absolute atomic E-state index is 12.7. The molecule has 1 aliphatic rings. The third kappa shape index (κ3) is 4.42. The standard InChI is InChI=1S/C21H24N2O3/c1-14-9-10-16(12-15(14)2)20(24)23-19(13-18-8-5-11-26-18)21(25)22-17-6-3-4-7-17/h5,8-13,17H,3-4,6-7H2,1-2H3,(H,22,25)(H,23,24)/b19-13-. The molecule has 1 saturated carbocycles. The fourth-order valence-corrected chi connectivity index (χ4v) is 3.08. The number of hydrogen-bond donors (Lipinski definition) is 2. The maximum Gasteiger partial charge on any atom is 0.268 e. The first kappa shape index (κ1) is 18.0. The van der Waals surface area contributed by atoms with E-state index < -0.39 is 0 Å². The lowest BCUT2D eigenvalue weighted by molar-refractivity contribution is -0.118. The van der Waals surface area contributed by atoms with Crippen LogP contribution in [0.3, 0.4) is 0 Å². The van der Waals surface area contributed by atoms with Crippen molar-refractivity contribution in [2.24, 2.45) is 0 Å². The Labute approximate surface area is 153 Å². The van der Waals surface area contributed by atoms with Crippen LogP contribution in [0.5, 0.6) is 0 Å². The fraction of sp³-hybridized carbons (Fsp3) is 0.333. The smallest absolute Gasteiger partial charge is 0.268 e. The molecule has 0 unspecified atom stereocenters.